The molecule has 204 valence electrons. The Kier molecular flexibility index (Phi) is 4.67. The SMILES string of the molecule is Cc1ccc2c(-c3c4ccccc4c4c5c3cccc5c3cc(C)cc5cc6ccccc6c4c53)c3ccccc3cc2c1. The second kappa shape index (κ2) is 8.56. The minimum Gasteiger partial charge on any atom is -0.0616 e. The Morgan fingerprint density at radius 2 is 0.818 bits per heavy atom. The largest absolute Gasteiger partial charge is 0.0616 e. The van der Waals surface area contributed by atoms with Gasteiger partial charge in [0.1, 0.15) is 0 Å². The highest BCUT2D eigenvalue weighted by atomic mass is 14.3. The van der Waals surface area contributed by atoms with Crippen molar-refractivity contribution < 1.29 is 0 Å². The predicted molar refractivity (Wildman–Crippen MR) is 193 cm³/mol. The van der Waals surface area contributed by atoms with E-state index in [2.05, 4.69) is 147 Å². The molecule has 0 saturated heterocycles. The number of rotatable bonds is 1. The van der Waals surface area contributed by atoms with Gasteiger partial charge in [-0.05, 0) is 129 Å². The second-order valence-corrected chi connectivity index (χ2v) is 12.6. The maximum absolute atomic E-state index is 2.41. The van der Waals surface area contributed by atoms with E-state index in [1.54, 1.807) is 0 Å². The molecule has 44 heavy (non-hydrogen) atoms. The van der Waals surface area contributed by atoms with Gasteiger partial charge in [-0.1, -0.05) is 127 Å². The van der Waals surface area contributed by atoms with E-state index in [1.807, 2.05) is 0 Å². The van der Waals surface area contributed by atoms with Gasteiger partial charge in [-0.3, -0.25) is 0 Å². The first-order valence-electron chi connectivity index (χ1n) is 15.5. The van der Waals surface area contributed by atoms with Crippen LogP contribution in [-0.2, 0) is 0 Å². The lowest BCUT2D eigenvalue weighted by molar-refractivity contribution is 1.51. The fourth-order valence-electron chi connectivity index (χ4n) is 8.28. The number of hydrogen-bond acceptors (Lipinski definition) is 0. The molecule has 0 heterocycles. The maximum Gasteiger partial charge on any atom is -0.000741 e. The molecule has 10 aromatic rings. The monoisotopic (exact) mass is 556 g/mol. The molecular formula is C44H28. The summed E-state index contributed by atoms with van der Waals surface area (Å²) in [5.41, 5.74) is 5.24. The van der Waals surface area contributed by atoms with Gasteiger partial charge in [0.2, 0.25) is 0 Å². The van der Waals surface area contributed by atoms with Crippen molar-refractivity contribution in [3.63, 3.8) is 0 Å². The topological polar surface area (TPSA) is 0 Å². The first kappa shape index (κ1) is 24.0. The lowest BCUT2D eigenvalue weighted by Gasteiger charge is -2.22. The van der Waals surface area contributed by atoms with Crippen molar-refractivity contribution in [3.05, 3.63) is 145 Å². The third-order valence-electron chi connectivity index (χ3n) is 9.96. The van der Waals surface area contributed by atoms with Crippen LogP contribution in [-0.4, -0.2) is 0 Å². The molecule has 0 spiro atoms. The molecule has 0 atom stereocenters. The number of aryl methyl sites for hydroxylation is 2. The first-order chi connectivity index (χ1) is 21.7. The van der Waals surface area contributed by atoms with E-state index in [9.17, 15) is 0 Å². The summed E-state index contributed by atoms with van der Waals surface area (Å²) >= 11 is 0. The summed E-state index contributed by atoms with van der Waals surface area (Å²) < 4.78 is 0. The zero-order chi connectivity index (χ0) is 29.1. The molecule has 0 fully saturated rings. The molecule has 0 heteroatoms. The van der Waals surface area contributed by atoms with Gasteiger partial charge in [0.25, 0.3) is 0 Å². The van der Waals surface area contributed by atoms with Gasteiger partial charge in [0, 0.05) is 0 Å². The molecule has 0 radical (unpaired) electrons. The van der Waals surface area contributed by atoms with Gasteiger partial charge in [-0.25, -0.2) is 0 Å². The zero-order valence-corrected chi connectivity index (χ0v) is 24.7. The van der Waals surface area contributed by atoms with Crippen molar-refractivity contribution in [2.45, 2.75) is 13.8 Å². The van der Waals surface area contributed by atoms with Crippen LogP contribution in [0.25, 0.3) is 97.3 Å². The van der Waals surface area contributed by atoms with Crippen LogP contribution >= 0.6 is 0 Å². The molecule has 0 nitrogen and oxygen atoms in total. The summed E-state index contributed by atoms with van der Waals surface area (Å²) in [6, 6.07) is 50.4. The average Bonchev–Trinajstić information content (AvgIpc) is 3.05. The quantitative estimate of drug-likeness (QED) is 0.139. The molecule has 0 amide bonds. The summed E-state index contributed by atoms with van der Waals surface area (Å²) in [5.74, 6) is 0. The van der Waals surface area contributed by atoms with E-state index in [4.69, 9.17) is 0 Å². The minimum absolute atomic E-state index is 1.28. The molecule has 0 aliphatic rings. The molecule has 0 unspecified atom stereocenters. The lowest BCUT2D eigenvalue weighted by atomic mass is 9.80. The van der Waals surface area contributed by atoms with Crippen molar-refractivity contribution in [3.8, 4) is 11.1 Å². The smallest absolute Gasteiger partial charge is 0.000741 e. The van der Waals surface area contributed by atoms with Crippen LogP contribution in [0.1, 0.15) is 11.1 Å². The predicted octanol–water partition coefficient (Wildman–Crippen LogP) is 12.6. The van der Waals surface area contributed by atoms with Gasteiger partial charge in [-0.2, -0.15) is 0 Å². The zero-order valence-electron chi connectivity index (χ0n) is 24.7. The van der Waals surface area contributed by atoms with Crippen LogP contribution in [0.5, 0.6) is 0 Å². The Hall–Kier alpha value is -5.46. The third-order valence-corrected chi connectivity index (χ3v) is 9.96. The van der Waals surface area contributed by atoms with Crippen LogP contribution in [0.4, 0.5) is 0 Å². The summed E-state index contributed by atoms with van der Waals surface area (Å²) in [5, 5.41) is 21.2. The fourth-order valence-corrected chi connectivity index (χ4v) is 8.28. The van der Waals surface area contributed by atoms with E-state index in [0.29, 0.717) is 0 Å². The van der Waals surface area contributed by atoms with Crippen LogP contribution in [0.3, 0.4) is 0 Å². The van der Waals surface area contributed by atoms with Crippen molar-refractivity contribution in [2.24, 2.45) is 0 Å². The average molecular weight is 557 g/mol. The van der Waals surface area contributed by atoms with Crippen molar-refractivity contribution in [1.29, 1.82) is 0 Å². The highest BCUT2D eigenvalue weighted by Gasteiger charge is 2.23. The number of fused-ring (bicyclic) bond motifs is 8. The van der Waals surface area contributed by atoms with Crippen LogP contribution in [0.2, 0.25) is 0 Å². The van der Waals surface area contributed by atoms with Crippen LogP contribution < -0.4 is 0 Å². The van der Waals surface area contributed by atoms with E-state index in [1.165, 1.54) is 108 Å². The Morgan fingerprint density at radius 1 is 0.273 bits per heavy atom. The highest BCUT2D eigenvalue weighted by Crippen LogP contribution is 2.51. The summed E-state index contributed by atoms with van der Waals surface area (Å²) in [7, 11) is 0. The van der Waals surface area contributed by atoms with Gasteiger partial charge < -0.3 is 0 Å². The Bertz CT molecular complexity index is 2830. The Balaban J connectivity index is 1.57. The van der Waals surface area contributed by atoms with E-state index >= 15 is 0 Å². The molecule has 10 rings (SSSR count). The lowest BCUT2D eigenvalue weighted by Crippen LogP contribution is -1.94. The third kappa shape index (κ3) is 3.07. The molecular weight excluding hydrogens is 528 g/mol. The van der Waals surface area contributed by atoms with Crippen molar-refractivity contribution in [1.82, 2.24) is 0 Å². The Morgan fingerprint density at radius 3 is 1.66 bits per heavy atom. The van der Waals surface area contributed by atoms with E-state index in [-0.39, 0.29) is 0 Å². The summed E-state index contributed by atoms with van der Waals surface area (Å²) in [4.78, 5) is 0. The van der Waals surface area contributed by atoms with Crippen LogP contribution in [0.15, 0.2) is 133 Å². The van der Waals surface area contributed by atoms with E-state index < -0.39 is 0 Å². The van der Waals surface area contributed by atoms with Gasteiger partial charge in [-0.15, -0.1) is 0 Å². The maximum atomic E-state index is 2.41. The number of benzene rings is 10. The van der Waals surface area contributed by atoms with Crippen molar-refractivity contribution >= 4 is 86.2 Å². The molecule has 0 saturated carbocycles. The standard InChI is InChI=1S/C44H28/c1-25-18-19-33-29(20-25)23-27-10-3-5-12-31(27)40(33)41-34-14-7-8-15-35(34)44-42-36(16-9-17-37(41)42)38-22-26(2)21-30-24-28-11-4-6-13-32(28)43(44)39(30)38/h3-24H,1-2H3. The van der Waals surface area contributed by atoms with E-state index in [0.717, 1.165) is 0 Å². The van der Waals surface area contributed by atoms with Crippen LogP contribution in [0, 0.1) is 13.8 Å². The van der Waals surface area contributed by atoms with Gasteiger partial charge in [0.05, 0.1) is 0 Å². The Labute approximate surface area is 255 Å². The minimum atomic E-state index is 1.28. The normalized spacial score (nSPS) is 12.3. The fraction of sp³-hybridized carbons (Fsp3) is 0.0455. The van der Waals surface area contributed by atoms with Gasteiger partial charge >= 0.3 is 0 Å². The molecule has 0 aliphatic heterocycles. The summed E-state index contributed by atoms with van der Waals surface area (Å²) in [6.45, 7) is 4.42. The molecule has 0 N–H and O–H groups in total. The summed E-state index contributed by atoms with van der Waals surface area (Å²) in [6.07, 6.45) is 0. The van der Waals surface area contributed by atoms with Gasteiger partial charge in [0.15, 0.2) is 0 Å². The molecule has 10 aromatic carbocycles. The van der Waals surface area contributed by atoms with Crippen molar-refractivity contribution in [2.75, 3.05) is 0 Å². The number of hydrogen-bond donors (Lipinski definition) is 0. The second-order valence-electron chi connectivity index (χ2n) is 12.6. The first-order valence-corrected chi connectivity index (χ1v) is 15.5. The molecule has 0 aliphatic carbocycles. The highest BCUT2D eigenvalue weighted by molar-refractivity contribution is 6.44. The molecule has 0 bridgehead atoms. The molecule has 0 aromatic heterocycles.